The Morgan fingerprint density at radius 3 is 2.62 bits per heavy atom. The van der Waals surface area contributed by atoms with Crippen LogP contribution in [0.1, 0.15) is 11.3 Å². The third kappa shape index (κ3) is 4.13. The molecule has 1 N–H and O–H groups in total. The van der Waals surface area contributed by atoms with Crippen molar-refractivity contribution in [1.82, 2.24) is 0 Å². The fraction of sp³-hybridized carbons (Fsp3) is 0.0714. The molecule has 2 rings (SSSR count). The van der Waals surface area contributed by atoms with Crippen molar-refractivity contribution in [1.29, 1.82) is 0 Å². The van der Waals surface area contributed by atoms with Gasteiger partial charge in [-0.25, -0.2) is 0 Å². The van der Waals surface area contributed by atoms with E-state index in [2.05, 4.69) is 5.32 Å². The molecule has 1 aromatic carbocycles. The molecule has 1 aromatic heterocycles. The Morgan fingerprint density at radius 2 is 2.05 bits per heavy atom. The van der Waals surface area contributed by atoms with Crippen molar-refractivity contribution in [3.8, 4) is 0 Å². The number of amides is 1. The van der Waals surface area contributed by atoms with E-state index < -0.39 is 17.6 Å². The zero-order chi connectivity index (χ0) is 15.5. The van der Waals surface area contributed by atoms with Crippen LogP contribution in [0.15, 0.2) is 47.1 Å². The SMILES string of the molecule is O=C(/C=C/c1ccco1)Nc1ccc(C(F)(F)F)cc1Cl. The number of furan rings is 1. The lowest BCUT2D eigenvalue weighted by Gasteiger charge is -2.10. The van der Waals surface area contributed by atoms with E-state index in [1.165, 1.54) is 18.4 Å². The summed E-state index contributed by atoms with van der Waals surface area (Å²) in [5.41, 5.74) is -0.782. The fourth-order valence-corrected chi connectivity index (χ4v) is 1.74. The smallest absolute Gasteiger partial charge is 0.416 e. The molecule has 0 saturated heterocycles. The minimum atomic E-state index is -4.48. The highest BCUT2D eigenvalue weighted by Gasteiger charge is 2.30. The third-order valence-corrected chi connectivity index (χ3v) is 2.81. The Balaban J connectivity index is 2.08. The van der Waals surface area contributed by atoms with Gasteiger partial charge in [0.2, 0.25) is 5.91 Å². The highest BCUT2D eigenvalue weighted by Crippen LogP contribution is 2.33. The average Bonchev–Trinajstić information content (AvgIpc) is 2.91. The molecule has 1 heterocycles. The van der Waals surface area contributed by atoms with Gasteiger partial charge >= 0.3 is 6.18 Å². The normalized spacial score (nSPS) is 11.8. The van der Waals surface area contributed by atoms with E-state index in [0.717, 1.165) is 18.2 Å². The van der Waals surface area contributed by atoms with Crippen molar-refractivity contribution >= 4 is 29.3 Å². The molecule has 110 valence electrons. The summed E-state index contributed by atoms with van der Waals surface area (Å²) in [5.74, 6) is -0.0586. The first-order chi connectivity index (χ1) is 9.86. The predicted octanol–water partition coefficient (Wildman–Crippen LogP) is 4.60. The molecule has 3 nitrogen and oxygen atoms in total. The second-order valence-corrected chi connectivity index (χ2v) is 4.44. The van der Waals surface area contributed by atoms with Crippen molar-refractivity contribution < 1.29 is 22.4 Å². The second kappa shape index (κ2) is 6.05. The molecule has 0 unspecified atom stereocenters. The molecule has 0 aliphatic rings. The zero-order valence-corrected chi connectivity index (χ0v) is 11.2. The molecule has 1 amide bonds. The van der Waals surface area contributed by atoms with Crippen molar-refractivity contribution in [2.75, 3.05) is 5.32 Å². The average molecular weight is 316 g/mol. The van der Waals surface area contributed by atoms with Gasteiger partial charge in [0.15, 0.2) is 0 Å². The first-order valence-corrected chi connectivity index (χ1v) is 6.13. The van der Waals surface area contributed by atoms with E-state index in [1.807, 2.05) is 0 Å². The first-order valence-electron chi connectivity index (χ1n) is 5.75. The van der Waals surface area contributed by atoms with Crippen LogP contribution in [0, 0.1) is 0 Å². The number of halogens is 4. The number of rotatable bonds is 3. The standard InChI is InChI=1S/C14H9ClF3NO2/c15-11-8-9(14(16,17)18)3-5-12(11)19-13(20)6-4-10-2-1-7-21-10/h1-8H,(H,19,20)/b6-4+. The molecule has 21 heavy (non-hydrogen) atoms. The molecular weight excluding hydrogens is 307 g/mol. The molecule has 0 radical (unpaired) electrons. The van der Waals surface area contributed by atoms with E-state index in [0.29, 0.717) is 5.76 Å². The monoisotopic (exact) mass is 315 g/mol. The van der Waals surface area contributed by atoms with Crippen LogP contribution in [-0.4, -0.2) is 5.91 Å². The van der Waals surface area contributed by atoms with Crippen LogP contribution >= 0.6 is 11.6 Å². The second-order valence-electron chi connectivity index (χ2n) is 4.03. The zero-order valence-electron chi connectivity index (χ0n) is 10.4. The van der Waals surface area contributed by atoms with E-state index in [9.17, 15) is 18.0 Å². The molecule has 0 fully saturated rings. The van der Waals surface area contributed by atoms with Gasteiger partial charge < -0.3 is 9.73 Å². The number of anilines is 1. The van der Waals surface area contributed by atoms with Crippen LogP contribution in [-0.2, 0) is 11.0 Å². The van der Waals surface area contributed by atoms with E-state index in [1.54, 1.807) is 12.1 Å². The Bertz CT molecular complexity index is 663. The van der Waals surface area contributed by atoms with Crippen LogP contribution in [0.5, 0.6) is 0 Å². The molecule has 0 bridgehead atoms. The summed E-state index contributed by atoms with van der Waals surface area (Å²) in [7, 11) is 0. The summed E-state index contributed by atoms with van der Waals surface area (Å²) in [6.45, 7) is 0. The topological polar surface area (TPSA) is 42.2 Å². The van der Waals surface area contributed by atoms with Gasteiger partial charge in [-0.05, 0) is 36.4 Å². The number of benzene rings is 1. The molecule has 2 aromatic rings. The lowest BCUT2D eigenvalue weighted by molar-refractivity contribution is -0.137. The van der Waals surface area contributed by atoms with Gasteiger partial charge in [-0.1, -0.05) is 11.6 Å². The summed E-state index contributed by atoms with van der Waals surface area (Å²) in [6, 6.07) is 6.01. The van der Waals surface area contributed by atoms with Gasteiger partial charge in [-0.3, -0.25) is 4.79 Å². The number of nitrogens with one attached hydrogen (secondary N) is 1. The van der Waals surface area contributed by atoms with Gasteiger partial charge in [-0.2, -0.15) is 13.2 Å². The highest BCUT2D eigenvalue weighted by molar-refractivity contribution is 6.33. The number of hydrogen-bond donors (Lipinski definition) is 1. The first kappa shape index (κ1) is 15.2. The molecule has 0 aliphatic carbocycles. The Labute approximate surface area is 123 Å². The maximum absolute atomic E-state index is 12.5. The Hall–Kier alpha value is -2.21. The summed E-state index contributed by atoms with van der Waals surface area (Å²) in [6.07, 6.45) is -0.421. The van der Waals surface area contributed by atoms with Crippen LogP contribution in [0.3, 0.4) is 0 Å². The molecule has 0 spiro atoms. The minimum Gasteiger partial charge on any atom is -0.465 e. The largest absolute Gasteiger partial charge is 0.465 e. The lowest BCUT2D eigenvalue weighted by Crippen LogP contribution is -2.10. The fourth-order valence-electron chi connectivity index (χ4n) is 1.51. The number of alkyl halides is 3. The van der Waals surface area contributed by atoms with E-state index >= 15 is 0 Å². The van der Waals surface area contributed by atoms with Crippen molar-refractivity contribution in [2.45, 2.75) is 6.18 Å². The Morgan fingerprint density at radius 1 is 1.29 bits per heavy atom. The highest BCUT2D eigenvalue weighted by atomic mass is 35.5. The van der Waals surface area contributed by atoms with Crippen LogP contribution in [0.2, 0.25) is 5.02 Å². The van der Waals surface area contributed by atoms with Crippen molar-refractivity contribution in [3.63, 3.8) is 0 Å². The molecule has 7 heteroatoms. The molecule has 0 aliphatic heterocycles. The summed E-state index contributed by atoms with van der Waals surface area (Å²) in [4.78, 5) is 11.6. The van der Waals surface area contributed by atoms with Crippen LogP contribution in [0.25, 0.3) is 6.08 Å². The van der Waals surface area contributed by atoms with E-state index in [4.69, 9.17) is 16.0 Å². The lowest BCUT2D eigenvalue weighted by atomic mass is 10.2. The summed E-state index contributed by atoms with van der Waals surface area (Å²) in [5, 5.41) is 2.19. The maximum Gasteiger partial charge on any atom is 0.416 e. The predicted molar refractivity (Wildman–Crippen MR) is 72.8 cm³/mol. The number of carbonyl (C=O) groups excluding carboxylic acids is 1. The van der Waals surface area contributed by atoms with Gasteiger partial charge in [-0.15, -0.1) is 0 Å². The maximum atomic E-state index is 12.5. The Kier molecular flexibility index (Phi) is 4.37. The molecule has 0 atom stereocenters. The quantitative estimate of drug-likeness (QED) is 0.841. The summed E-state index contributed by atoms with van der Waals surface area (Å²) >= 11 is 5.72. The number of hydrogen-bond acceptors (Lipinski definition) is 2. The summed E-state index contributed by atoms with van der Waals surface area (Å²) < 4.78 is 42.4. The van der Waals surface area contributed by atoms with Crippen molar-refractivity contribution in [2.24, 2.45) is 0 Å². The van der Waals surface area contributed by atoms with E-state index in [-0.39, 0.29) is 10.7 Å². The third-order valence-electron chi connectivity index (χ3n) is 2.50. The molecule has 0 saturated carbocycles. The minimum absolute atomic E-state index is 0.0961. The molecular formula is C14H9ClF3NO2. The van der Waals surface area contributed by atoms with Gasteiger partial charge in [0.05, 0.1) is 22.5 Å². The van der Waals surface area contributed by atoms with Gasteiger partial charge in [0.25, 0.3) is 0 Å². The van der Waals surface area contributed by atoms with Gasteiger partial charge in [0, 0.05) is 6.08 Å². The van der Waals surface area contributed by atoms with Crippen LogP contribution in [0.4, 0.5) is 18.9 Å². The van der Waals surface area contributed by atoms with Crippen molar-refractivity contribution in [3.05, 3.63) is 59.0 Å². The van der Waals surface area contributed by atoms with Gasteiger partial charge in [0.1, 0.15) is 5.76 Å². The number of carbonyl (C=O) groups is 1. The van der Waals surface area contributed by atoms with Crippen LogP contribution < -0.4 is 5.32 Å².